The number of aliphatic hydroxyl groups is 1. The fourth-order valence-electron chi connectivity index (χ4n) is 8.71. The van der Waals surface area contributed by atoms with Crippen molar-refractivity contribution in [1.29, 1.82) is 0 Å². The third kappa shape index (κ3) is 23.4. The molecule has 4 aliphatic rings. The number of carbonyl (C=O) groups is 7. The van der Waals surface area contributed by atoms with E-state index < -0.39 is 18.2 Å². The van der Waals surface area contributed by atoms with Gasteiger partial charge in [0.25, 0.3) is 0 Å². The van der Waals surface area contributed by atoms with E-state index in [0.717, 1.165) is 89.7 Å². The fraction of sp³-hybridized carbons (Fsp3) is 0.827. The second-order valence-electron chi connectivity index (χ2n) is 18.4. The number of amides is 5. The molecule has 0 bridgehead atoms. The third-order valence-electron chi connectivity index (χ3n) is 12.2. The number of hydrogen-bond acceptors (Lipinski definition) is 13. The Morgan fingerprint density at radius 1 is 0.634 bits per heavy atom. The molecular weight excluding hydrogens is 913 g/mol. The van der Waals surface area contributed by atoms with Crippen LogP contribution in [0, 0.1) is 0 Å². The van der Waals surface area contributed by atoms with Crippen LogP contribution in [0.15, 0.2) is 6.20 Å². The predicted molar refractivity (Wildman–Crippen MR) is 273 cm³/mol. The van der Waals surface area contributed by atoms with E-state index in [1.54, 1.807) is 40.5 Å². The molecule has 5 amide bonds. The summed E-state index contributed by atoms with van der Waals surface area (Å²) in [6, 6.07) is -1.85. The number of β-amino-alcohol motifs (C(OH)–C–C–N with tert-alkyl or cyclic N) is 1. The molecule has 19 heteroatoms. The molecule has 71 heavy (non-hydrogen) atoms. The van der Waals surface area contributed by atoms with E-state index >= 15 is 0 Å². The number of ether oxygens (including phenoxy) is 3. The number of unbranched alkanes of at least 4 members (excludes halogenated alkanes) is 1. The van der Waals surface area contributed by atoms with Gasteiger partial charge in [0.05, 0.1) is 56.2 Å². The summed E-state index contributed by atoms with van der Waals surface area (Å²) in [5.41, 5.74) is 0.870. The number of nitrogens with zero attached hydrogens (tertiary/aromatic N) is 7. The predicted octanol–water partition coefficient (Wildman–Crippen LogP) is 5.67. The number of likely N-dealkylation sites (tertiary alicyclic amines) is 4. The first-order valence-corrected chi connectivity index (χ1v) is 26.8. The van der Waals surface area contributed by atoms with Crippen LogP contribution in [-0.2, 0) is 60.9 Å². The molecule has 0 spiro atoms. The maximum atomic E-state index is 13.0. The molecule has 4 aliphatic heterocycles. The summed E-state index contributed by atoms with van der Waals surface area (Å²) < 4.78 is 16.7. The topological polar surface area (TPSA) is 223 Å². The van der Waals surface area contributed by atoms with Crippen LogP contribution in [0.25, 0.3) is 0 Å². The minimum absolute atomic E-state index is 0.00825. The Bertz CT molecular complexity index is 1690. The molecule has 1 aromatic rings. The zero-order valence-electron chi connectivity index (χ0n) is 45.4. The zero-order valence-corrected chi connectivity index (χ0v) is 45.4. The largest absolute Gasteiger partial charge is 0.391 e. The van der Waals surface area contributed by atoms with Crippen molar-refractivity contribution in [2.75, 3.05) is 66.8 Å². The molecule has 0 aliphatic carbocycles. The maximum Gasteiger partial charge on any atom is 0.223 e. The highest BCUT2D eigenvalue weighted by Gasteiger charge is 2.45. The number of methoxy groups -OCH3 is 2. The molecule has 0 saturated carbocycles. The number of nitrogens with one attached hydrogen (secondary N) is 1. The van der Waals surface area contributed by atoms with Crippen LogP contribution in [0.3, 0.4) is 0 Å². The van der Waals surface area contributed by atoms with Crippen molar-refractivity contribution >= 4 is 41.1 Å². The van der Waals surface area contributed by atoms with Crippen LogP contribution in [0.1, 0.15) is 177 Å². The van der Waals surface area contributed by atoms with E-state index in [1.807, 2.05) is 20.0 Å². The molecule has 2 unspecified atom stereocenters. The van der Waals surface area contributed by atoms with Gasteiger partial charge in [0, 0.05) is 98.7 Å². The summed E-state index contributed by atoms with van der Waals surface area (Å²) in [4.78, 5) is 93.1. The van der Waals surface area contributed by atoms with Crippen molar-refractivity contribution in [3.8, 4) is 0 Å². The van der Waals surface area contributed by atoms with Gasteiger partial charge in [-0.25, -0.2) is 4.68 Å². The average Bonchev–Trinajstić information content (AvgIpc) is 4.25. The van der Waals surface area contributed by atoms with Crippen molar-refractivity contribution in [3.63, 3.8) is 0 Å². The van der Waals surface area contributed by atoms with Crippen LogP contribution >= 0.6 is 0 Å². The van der Waals surface area contributed by atoms with Crippen LogP contribution in [0.4, 0.5) is 0 Å². The molecule has 5 rings (SSSR count). The molecule has 5 atom stereocenters. The van der Waals surface area contributed by atoms with Gasteiger partial charge in [-0.2, -0.15) is 0 Å². The van der Waals surface area contributed by atoms with Gasteiger partial charge < -0.3 is 44.2 Å². The maximum absolute atomic E-state index is 13.0. The minimum Gasteiger partial charge on any atom is -0.391 e. The van der Waals surface area contributed by atoms with Crippen LogP contribution in [-0.4, -0.2) is 178 Å². The summed E-state index contributed by atoms with van der Waals surface area (Å²) in [7, 11) is 3.38. The van der Waals surface area contributed by atoms with E-state index in [0.29, 0.717) is 65.1 Å². The molecule has 4 saturated heterocycles. The van der Waals surface area contributed by atoms with E-state index in [2.05, 4.69) is 50.2 Å². The summed E-state index contributed by atoms with van der Waals surface area (Å²) in [6.45, 7) is 22.2. The van der Waals surface area contributed by atoms with Crippen molar-refractivity contribution in [2.45, 2.75) is 214 Å². The van der Waals surface area contributed by atoms with Gasteiger partial charge >= 0.3 is 0 Å². The van der Waals surface area contributed by atoms with Crippen LogP contribution in [0.2, 0.25) is 0 Å². The lowest BCUT2D eigenvalue weighted by Crippen LogP contribution is -2.49. The normalized spacial score (nSPS) is 20.1. The zero-order chi connectivity index (χ0) is 53.1. The SMILES string of the molecule is CCC.CCCCC(=O)N1CCCC1C(=O)[C@@H]1CCCN1C(=O)CC.CCCNC(=O)CCC(=O)N1C[C@@H](O)CC1C(=O)[C@@H]1CCCN1C(=O)CC.CCCOC.CCCOCc1cn(CCOC)nn1. The monoisotopic (exact) mass is 1010 g/mol. The molecule has 5 heterocycles. The Morgan fingerprint density at radius 3 is 1.61 bits per heavy atom. The minimum atomic E-state index is -0.756. The smallest absolute Gasteiger partial charge is 0.223 e. The number of aliphatic hydroxyl groups excluding tert-OH is 1. The lowest BCUT2D eigenvalue weighted by atomic mass is 10.00. The lowest BCUT2D eigenvalue weighted by molar-refractivity contribution is -0.143. The summed E-state index contributed by atoms with van der Waals surface area (Å²) in [5, 5.41) is 20.7. The number of ketones is 2. The van der Waals surface area contributed by atoms with Gasteiger partial charge in [-0.3, -0.25) is 33.6 Å². The highest BCUT2D eigenvalue weighted by molar-refractivity contribution is 5.97. The molecule has 4 fully saturated rings. The Morgan fingerprint density at radius 2 is 1.14 bits per heavy atom. The van der Waals surface area contributed by atoms with Crippen molar-refractivity contribution in [3.05, 3.63) is 11.9 Å². The molecule has 2 N–H and O–H groups in total. The quantitative estimate of drug-likeness (QED) is 0.126. The first-order valence-electron chi connectivity index (χ1n) is 26.8. The second kappa shape index (κ2) is 38.3. The Labute approximate surface area is 425 Å². The van der Waals surface area contributed by atoms with Gasteiger partial charge in [-0.15, -0.1) is 5.10 Å². The Balaban J connectivity index is 0.000000512. The summed E-state index contributed by atoms with van der Waals surface area (Å²) in [6.07, 6.45) is 13.4. The number of carbonyl (C=O) groups excluding carboxylic acids is 7. The van der Waals surface area contributed by atoms with E-state index in [-0.39, 0.29) is 79.0 Å². The van der Waals surface area contributed by atoms with Gasteiger partial charge in [0.2, 0.25) is 29.5 Å². The Kier molecular flexibility index (Phi) is 34.9. The van der Waals surface area contributed by atoms with Crippen molar-refractivity contribution in [1.82, 2.24) is 39.9 Å². The summed E-state index contributed by atoms with van der Waals surface area (Å²) >= 11 is 0. The third-order valence-corrected chi connectivity index (χ3v) is 12.2. The highest BCUT2D eigenvalue weighted by atomic mass is 16.5. The van der Waals surface area contributed by atoms with E-state index in [1.165, 1.54) is 11.3 Å². The van der Waals surface area contributed by atoms with E-state index in [4.69, 9.17) is 14.2 Å². The first kappa shape index (κ1) is 64.7. The van der Waals surface area contributed by atoms with Crippen molar-refractivity contribution < 1.29 is 52.9 Å². The number of Topliss-reactive ketones (excluding diaryl/α,β-unsaturated/α-hetero) is 2. The van der Waals surface area contributed by atoms with Gasteiger partial charge in [0.1, 0.15) is 5.69 Å². The lowest BCUT2D eigenvalue weighted by Gasteiger charge is -2.30. The van der Waals surface area contributed by atoms with Gasteiger partial charge in [-0.1, -0.05) is 73.4 Å². The average molecular weight is 1010 g/mol. The van der Waals surface area contributed by atoms with Crippen LogP contribution in [0.5, 0.6) is 0 Å². The highest BCUT2D eigenvalue weighted by Crippen LogP contribution is 2.29. The number of hydrogen-bond donors (Lipinski definition) is 2. The molecular formula is C52H94N8O11. The van der Waals surface area contributed by atoms with E-state index in [9.17, 15) is 38.7 Å². The molecule has 408 valence electrons. The van der Waals surface area contributed by atoms with Crippen LogP contribution < -0.4 is 5.32 Å². The molecule has 1 aromatic heterocycles. The van der Waals surface area contributed by atoms with Gasteiger partial charge in [0.15, 0.2) is 11.6 Å². The van der Waals surface area contributed by atoms with Crippen molar-refractivity contribution in [2.24, 2.45) is 0 Å². The molecule has 0 aromatic carbocycles. The molecule has 19 nitrogen and oxygen atoms in total. The fourth-order valence-corrected chi connectivity index (χ4v) is 8.71. The number of aromatic nitrogens is 3. The Hall–Kier alpha value is -4.33. The molecule has 0 radical (unpaired) electrons. The standard InChI is InChI=1S/C19H31N3O5.C17H28N2O3.C9H17N3O2.C4H10O.C3H8/c1-3-9-20-16(24)7-8-18(26)22-12-13(23)11-15(22)19(27)14-6-5-10-21(14)17(25)4-2;1-3-5-10-16(21)19-12-7-9-14(19)17(22)13-8-6-11-18(13)15(20)4-2;1-3-5-14-8-9-7-12(11-10-9)4-6-13-2;1-3-4-5-2;1-3-2/h13-15,23H,3-12H2,1-2H3,(H,20,24);13-14H,3-12H2,1-2H3;7H,3-6,8H2,1-2H3;3-4H2,1-2H3;3H2,1-2H3/t13-,14-,15?;13-,14?;;;/m00.../s1. The number of rotatable bonds is 23. The van der Waals surface area contributed by atoms with Gasteiger partial charge in [-0.05, 0) is 64.2 Å². The second-order valence-corrected chi connectivity index (χ2v) is 18.4. The first-order chi connectivity index (χ1) is 34.2. The summed E-state index contributed by atoms with van der Waals surface area (Å²) in [5.74, 6) is -0.487.